The normalized spacial score (nSPS) is 16.9. The van der Waals surface area contributed by atoms with Gasteiger partial charge < -0.3 is 15.3 Å². The third-order valence-electron chi connectivity index (χ3n) is 4.31. The molecule has 1 saturated heterocycles. The van der Waals surface area contributed by atoms with Crippen molar-refractivity contribution in [2.75, 3.05) is 13.1 Å². The molecule has 1 unspecified atom stereocenters. The zero-order valence-corrected chi connectivity index (χ0v) is 13.9. The topological polar surface area (TPSA) is 82.5 Å². The van der Waals surface area contributed by atoms with Crippen molar-refractivity contribution in [2.24, 2.45) is 5.92 Å². The van der Waals surface area contributed by atoms with Crippen LogP contribution in [0.4, 0.5) is 0 Å². The highest BCUT2D eigenvalue weighted by Gasteiger charge is 2.34. The van der Waals surface area contributed by atoms with E-state index < -0.39 is 0 Å². The molecule has 0 aliphatic carbocycles. The van der Waals surface area contributed by atoms with Gasteiger partial charge in [-0.3, -0.25) is 14.6 Å². The maximum absolute atomic E-state index is 12.3. The van der Waals surface area contributed by atoms with Gasteiger partial charge in [-0.1, -0.05) is 18.2 Å². The lowest BCUT2D eigenvalue weighted by Gasteiger charge is -2.16. The molecule has 6 heteroatoms. The fourth-order valence-corrected chi connectivity index (χ4v) is 2.92. The summed E-state index contributed by atoms with van der Waals surface area (Å²) in [5.41, 5.74) is 1.86. The number of phenolic OH excluding ortho intramolecular Hbond substituents is 1. The van der Waals surface area contributed by atoms with E-state index in [0.29, 0.717) is 26.1 Å². The summed E-state index contributed by atoms with van der Waals surface area (Å²) >= 11 is 0. The summed E-state index contributed by atoms with van der Waals surface area (Å²) in [6, 6.07) is 12.5. The number of carbonyl (C=O) groups is 2. The van der Waals surface area contributed by atoms with E-state index in [1.54, 1.807) is 23.2 Å². The van der Waals surface area contributed by atoms with Crippen molar-refractivity contribution in [3.05, 3.63) is 59.9 Å². The van der Waals surface area contributed by atoms with E-state index in [-0.39, 0.29) is 29.9 Å². The third-order valence-corrected chi connectivity index (χ3v) is 4.31. The number of rotatable bonds is 6. The molecule has 130 valence electrons. The molecule has 2 aromatic rings. The lowest BCUT2D eigenvalue weighted by molar-refractivity contribution is -0.129. The van der Waals surface area contributed by atoms with Crippen LogP contribution in [0.3, 0.4) is 0 Å². The van der Waals surface area contributed by atoms with Crippen LogP contribution in [0.5, 0.6) is 5.75 Å². The molecular formula is C19H21N3O3. The van der Waals surface area contributed by atoms with Crippen molar-refractivity contribution in [3.63, 3.8) is 0 Å². The van der Waals surface area contributed by atoms with E-state index >= 15 is 0 Å². The molecule has 6 nitrogen and oxygen atoms in total. The van der Waals surface area contributed by atoms with E-state index in [1.165, 1.54) is 0 Å². The quantitative estimate of drug-likeness (QED) is 0.835. The fourth-order valence-electron chi connectivity index (χ4n) is 2.92. The molecule has 0 saturated carbocycles. The second kappa shape index (κ2) is 7.79. The molecule has 2 amide bonds. The first-order valence-electron chi connectivity index (χ1n) is 8.35. The summed E-state index contributed by atoms with van der Waals surface area (Å²) in [6.07, 6.45) is 2.63. The summed E-state index contributed by atoms with van der Waals surface area (Å²) < 4.78 is 0. The molecular weight excluding hydrogens is 318 g/mol. The van der Waals surface area contributed by atoms with Gasteiger partial charge in [0.05, 0.1) is 18.2 Å². The van der Waals surface area contributed by atoms with Crippen LogP contribution in [-0.4, -0.2) is 39.9 Å². The monoisotopic (exact) mass is 339 g/mol. The molecule has 0 spiro atoms. The molecule has 1 atom stereocenters. The molecule has 1 aliphatic rings. The Labute approximate surface area is 146 Å². The predicted molar refractivity (Wildman–Crippen MR) is 92.6 cm³/mol. The molecule has 2 N–H and O–H groups in total. The summed E-state index contributed by atoms with van der Waals surface area (Å²) in [7, 11) is 0. The highest BCUT2D eigenvalue weighted by molar-refractivity contribution is 5.89. The number of phenols is 1. The zero-order valence-electron chi connectivity index (χ0n) is 13.9. The van der Waals surface area contributed by atoms with Crippen molar-refractivity contribution in [3.8, 4) is 5.75 Å². The predicted octanol–water partition coefficient (Wildman–Crippen LogP) is 1.49. The lowest BCUT2D eigenvalue weighted by Crippen LogP contribution is -2.34. The van der Waals surface area contributed by atoms with Gasteiger partial charge in [0, 0.05) is 25.7 Å². The minimum absolute atomic E-state index is 0.00987. The molecule has 25 heavy (non-hydrogen) atoms. The van der Waals surface area contributed by atoms with Crippen LogP contribution in [0.2, 0.25) is 0 Å². The number of nitrogens with one attached hydrogen (secondary N) is 1. The van der Waals surface area contributed by atoms with Crippen LogP contribution in [0.25, 0.3) is 0 Å². The van der Waals surface area contributed by atoms with E-state index in [2.05, 4.69) is 10.3 Å². The molecule has 0 radical (unpaired) electrons. The van der Waals surface area contributed by atoms with Gasteiger partial charge >= 0.3 is 0 Å². The molecule has 1 aromatic carbocycles. The number of hydrogen-bond acceptors (Lipinski definition) is 4. The number of hydrogen-bond donors (Lipinski definition) is 2. The molecule has 2 heterocycles. The Morgan fingerprint density at radius 1 is 1.24 bits per heavy atom. The molecule has 1 aromatic heterocycles. The Kier molecular flexibility index (Phi) is 5.28. The maximum atomic E-state index is 12.3. The molecule has 3 rings (SSSR count). The fraction of sp³-hybridized carbons (Fsp3) is 0.316. The van der Waals surface area contributed by atoms with Gasteiger partial charge in [-0.05, 0) is 36.2 Å². The van der Waals surface area contributed by atoms with Gasteiger partial charge in [0.2, 0.25) is 11.8 Å². The number of amides is 2. The Morgan fingerprint density at radius 2 is 2.04 bits per heavy atom. The Hall–Kier alpha value is -2.89. The minimum Gasteiger partial charge on any atom is -0.508 e. The number of likely N-dealkylation sites (tertiary alicyclic amines) is 1. The number of aromatic nitrogens is 1. The van der Waals surface area contributed by atoms with Crippen LogP contribution < -0.4 is 5.32 Å². The van der Waals surface area contributed by atoms with Crippen molar-refractivity contribution in [2.45, 2.75) is 19.4 Å². The number of pyridine rings is 1. The van der Waals surface area contributed by atoms with Crippen LogP contribution in [0, 0.1) is 5.92 Å². The first-order chi connectivity index (χ1) is 12.1. The van der Waals surface area contributed by atoms with Gasteiger partial charge in [-0.15, -0.1) is 0 Å². The standard InChI is InChI=1S/C19H21N3O3/c23-17-6-4-14(5-7-17)8-10-21-19(25)15-11-18(24)22(12-15)13-16-3-1-2-9-20-16/h1-7,9,15,23H,8,10-13H2,(H,21,25). The number of aromatic hydroxyl groups is 1. The van der Waals surface area contributed by atoms with E-state index in [4.69, 9.17) is 0 Å². The van der Waals surface area contributed by atoms with Crippen LogP contribution >= 0.6 is 0 Å². The average molecular weight is 339 g/mol. The van der Waals surface area contributed by atoms with Crippen LogP contribution in [0.15, 0.2) is 48.7 Å². The summed E-state index contributed by atoms with van der Waals surface area (Å²) in [5, 5.41) is 12.2. The van der Waals surface area contributed by atoms with Crippen LogP contribution in [-0.2, 0) is 22.6 Å². The lowest BCUT2D eigenvalue weighted by atomic mass is 10.1. The summed E-state index contributed by atoms with van der Waals surface area (Å²) in [6.45, 7) is 1.38. The van der Waals surface area contributed by atoms with Gasteiger partial charge in [0.25, 0.3) is 0 Å². The molecule has 1 aliphatic heterocycles. The SMILES string of the molecule is O=C(NCCc1ccc(O)cc1)C1CC(=O)N(Cc2ccccn2)C1. The Bertz CT molecular complexity index is 731. The first-order valence-corrected chi connectivity index (χ1v) is 8.35. The highest BCUT2D eigenvalue weighted by Crippen LogP contribution is 2.20. The number of benzene rings is 1. The zero-order chi connectivity index (χ0) is 17.6. The summed E-state index contributed by atoms with van der Waals surface area (Å²) in [5.74, 6) is -0.179. The van der Waals surface area contributed by atoms with Crippen LogP contribution in [0.1, 0.15) is 17.7 Å². The largest absolute Gasteiger partial charge is 0.508 e. The number of nitrogens with zero attached hydrogens (tertiary/aromatic N) is 2. The molecule has 0 bridgehead atoms. The second-order valence-electron chi connectivity index (χ2n) is 6.20. The Morgan fingerprint density at radius 3 is 2.76 bits per heavy atom. The van der Waals surface area contributed by atoms with Crippen molar-refractivity contribution in [1.82, 2.24) is 15.2 Å². The van der Waals surface area contributed by atoms with Gasteiger partial charge in [-0.2, -0.15) is 0 Å². The van der Waals surface area contributed by atoms with Crippen molar-refractivity contribution < 1.29 is 14.7 Å². The smallest absolute Gasteiger partial charge is 0.225 e. The Balaban J connectivity index is 1.46. The van der Waals surface area contributed by atoms with Crippen molar-refractivity contribution >= 4 is 11.8 Å². The molecule has 1 fully saturated rings. The first kappa shape index (κ1) is 17.0. The van der Waals surface area contributed by atoms with Gasteiger partial charge in [0.1, 0.15) is 5.75 Å². The van der Waals surface area contributed by atoms with E-state index in [0.717, 1.165) is 11.3 Å². The third kappa shape index (κ3) is 4.56. The van der Waals surface area contributed by atoms with Crippen molar-refractivity contribution in [1.29, 1.82) is 0 Å². The maximum Gasteiger partial charge on any atom is 0.225 e. The summed E-state index contributed by atoms with van der Waals surface area (Å²) in [4.78, 5) is 30.3. The van der Waals surface area contributed by atoms with E-state index in [9.17, 15) is 14.7 Å². The average Bonchev–Trinajstić information content (AvgIpc) is 2.98. The minimum atomic E-state index is -0.309. The highest BCUT2D eigenvalue weighted by atomic mass is 16.3. The van der Waals surface area contributed by atoms with Gasteiger partial charge in [-0.25, -0.2) is 0 Å². The van der Waals surface area contributed by atoms with Gasteiger partial charge in [0.15, 0.2) is 0 Å². The number of carbonyl (C=O) groups excluding carboxylic acids is 2. The second-order valence-corrected chi connectivity index (χ2v) is 6.20. The van der Waals surface area contributed by atoms with E-state index in [1.807, 2.05) is 30.3 Å².